The number of ether oxygens (including phenoxy) is 1. The second-order valence-electron chi connectivity index (χ2n) is 3.14. The van der Waals surface area contributed by atoms with Gasteiger partial charge in [0.2, 0.25) is 0 Å². The number of aliphatic hydroxyl groups excluding tert-OH is 1. The minimum Gasteiger partial charge on any atom is -0.392 e. The molecule has 1 aliphatic rings. The van der Waals surface area contributed by atoms with Crippen LogP contribution >= 0.6 is 0 Å². The standard InChI is InChI=1S/C8H17NO2/c1-7(10)6-9-8-2-4-11-5-3-8/h7-10H,2-6H2,1H3/t7-/m0/s1. The lowest BCUT2D eigenvalue weighted by molar-refractivity contribution is 0.0735. The SMILES string of the molecule is C[C@H](O)CNC1CCOCC1. The molecular weight excluding hydrogens is 142 g/mol. The molecule has 0 saturated carbocycles. The van der Waals surface area contributed by atoms with E-state index in [1.54, 1.807) is 6.92 Å². The first-order valence-electron chi connectivity index (χ1n) is 4.28. The Hall–Kier alpha value is -0.120. The zero-order valence-corrected chi connectivity index (χ0v) is 7.05. The van der Waals surface area contributed by atoms with Crippen LogP contribution in [0.5, 0.6) is 0 Å². The van der Waals surface area contributed by atoms with Crippen LogP contribution in [0.4, 0.5) is 0 Å². The van der Waals surface area contributed by atoms with E-state index in [9.17, 15) is 0 Å². The summed E-state index contributed by atoms with van der Waals surface area (Å²) in [4.78, 5) is 0. The maximum Gasteiger partial charge on any atom is 0.0636 e. The minimum absolute atomic E-state index is 0.238. The molecular formula is C8H17NO2. The van der Waals surface area contributed by atoms with Gasteiger partial charge in [0.25, 0.3) is 0 Å². The van der Waals surface area contributed by atoms with E-state index in [0.717, 1.165) is 26.1 Å². The molecule has 66 valence electrons. The predicted molar refractivity (Wildman–Crippen MR) is 43.5 cm³/mol. The van der Waals surface area contributed by atoms with Crippen molar-refractivity contribution in [2.45, 2.75) is 31.9 Å². The van der Waals surface area contributed by atoms with E-state index in [0.29, 0.717) is 12.6 Å². The zero-order chi connectivity index (χ0) is 8.10. The number of hydrogen-bond acceptors (Lipinski definition) is 3. The fourth-order valence-electron chi connectivity index (χ4n) is 1.24. The highest BCUT2D eigenvalue weighted by Crippen LogP contribution is 2.05. The molecule has 1 heterocycles. The molecule has 0 unspecified atom stereocenters. The lowest BCUT2D eigenvalue weighted by atomic mass is 10.1. The average Bonchev–Trinajstić information content (AvgIpc) is 2.03. The smallest absolute Gasteiger partial charge is 0.0636 e. The molecule has 0 amide bonds. The zero-order valence-electron chi connectivity index (χ0n) is 7.05. The molecule has 0 spiro atoms. The molecule has 0 radical (unpaired) electrons. The van der Waals surface area contributed by atoms with E-state index < -0.39 is 0 Å². The van der Waals surface area contributed by atoms with Gasteiger partial charge in [-0.2, -0.15) is 0 Å². The predicted octanol–water partition coefficient (Wildman–Crippen LogP) is 0.136. The van der Waals surface area contributed by atoms with E-state index in [1.165, 1.54) is 0 Å². The second kappa shape index (κ2) is 4.70. The van der Waals surface area contributed by atoms with Crippen LogP contribution < -0.4 is 5.32 Å². The third-order valence-electron chi connectivity index (χ3n) is 1.92. The van der Waals surface area contributed by atoms with Gasteiger partial charge in [-0.25, -0.2) is 0 Å². The van der Waals surface area contributed by atoms with Gasteiger partial charge in [0.15, 0.2) is 0 Å². The van der Waals surface area contributed by atoms with Gasteiger partial charge in [-0.05, 0) is 19.8 Å². The number of aliphatic hydroxyl groups is 1. The van der Waals surface area contributed by atoms with Crippen LogP contribution in [0.2, 0.25) is 0 Å². The summed E-state index contributed by atoms with van der Waals surface area (Å²) in [6.07, 6.45) is 1.91. The Morgan fingerprint density at radius 2 is 2.18 bits per heavy atom. The fourth-order valence-corrected chi connectivity index (χ4v) is 1.24. The van der Waals surface area contributed by atoms with Gasteiger partial charge in [-0.15, -0.1) is 0 Å². The van der Waals surface area contributed by atoms with E-state index in [4.69, 9.17) is 9.84 Å². The Morgan fingerprint density at radius 3 is 2.73 bits per heavy atom. The average molecular weight is 159 g/mol. The molecule has 0 aromatic heterocycles. The van der Waals surface area contributed by atoms with Crippen LogP contribution in [0.1, 0.15) is 19.8 Å². The van der Waals surface area contributed by atoms with Gasteiger partial charge in [-0.1, -0.05) is 0 Å². The second-order valence-corrected chi connectivity index (χ2v) is 3.14. The normalized spacial score (nSPS) is 23.5. The monoisotopic (exact) mass is 159 g/mol. The third-order valence-corrected chi connectivity index (χ3v) is 1.92. The summed E-state index contributed by atoms with van der Waals surface area (Å²) in [6, 6.07) is 0.554. The molecule has 3 nitrogen and oxygen atoms in total. The molecule has 1 rings (SSSR count). The van der Waals surface area contributed by atoms with Crippen molar-refractivity contribution in [3.63, 3.8) is 0 Å². The third kappa shape index (κ3) is 3.70. The Kier molecular flexibility index (Phi) is 3.83. The van der Waals surface area contributed by atoms with Crippen molar-refractivity contribution in [1.29, 1.82) is 0 Å². The lowest BCUT2D eigenvalue weighted by Crippen LogP contribution is -2.38. The molecule has 0 aromatic carbocycles. The lowest BCUT2D eigenvalue weighted by Gasteiger charge is -2.23. The molecule has 1 saturated heterocycles. The summed E-state index contributed by atoms with van der Waals surface area (Å²) < 4.78 is 5.20. The van der Waals surface area contributed by atoms with Gasteiger partial charge in [0.05, 0.1) is 6.10 Å². The van der Waals surface area contributed by atoms with E-state index >= 15 is 0 Å². The topological polar surface area (TPSA) is 41.5 Å². The van der Waals surface area contributed by atoms with Gasteiger partial charge >= 0.3 is 0 Å². The molecule has 11 heavy (non-hydrogen) atoms. The molecule has 1 aliphatic heterocycles. The van der Waals surface area contributed by atoms with Gasteiger partial charge in [0.1, 0.15) is 0 Å². The molecule has 0 aromatic rings. The van der Waals surface area contributed by atoms with Crippen LogP contribution in [0, 0.1) is 0 Å². The van der Waals surface area contributed by atoms with Gasteiger partial charge in [0, 0.05) is 25.8 Å². The number of hydrogen-bond donors (Lipinski definition) is 2. The first kappa shape index (κ1) is 8.97. The molecule has 3 heteroatoms. The molecule has 1 atom stereocenters. The van der Waals surface area contributed by atoms with Crippen LogP contribution in [-0.4, -0.2) is 37.0 Å². The van der Waals surface area contributed by atoms with Crippen molar-refractivity contribution < 1.29 is 9.84 Å². The highest BCUT2D eigenvalue weighted by atomic mass is 16.5. The number of nitrogens with one attached hydrogen (secondary N) is 1. The van der Waals surface area contributed by atoms with Crippen LogP contribution in [0.15, 0.2) is 0 Å². The van der Waals surface area contributed by atoms with Gasteiger partial charge in [-0.3, -0.25) is 0 Å². The van der Waals surface area contributed by atoms with Crippen LogP contribution in [0.25, 0.3) is 0 Å². The Morgan fingerprint density at radius 1 is 1.55 bits per heavy atom. The summed E-state index contributed by atoms with van der Waals surface area (Å²) in [7, 11) is 0. The quantitative estimate of drug-likeness (QED) is 0.615. The van der Waals surface area contributed by atoms with Crippen molar-refractivity contribution >= 4 is 0 Å². The Labute approximate surface area is 67.7 Å². The molecule has 0 aliphatic carbocycles. The summed E-state index contributed by atoms with van der Waals surface area (Å²) in [6.45, 7) is 4.21. The summed E-state index contributed by atoms with van der Waals surface area (Å²) >= 11 is 0. The first-order chi connectivity index (χ1) is 5.29. The van der Waals surface area contributed by atoms with Crippen molar-refractivity contribution in [3.8, 4) is 0 Å². The summed E-state index contributed by atoms with van der Waals surface area (Å²) in [5, 5.41) is 12.3. The fraction of sp³-hybridized carbons (Fsp3) is 1.00. The van der Waals surface area contributed by atoms with Crippen LogP contribution in [0.3, 0.4) is 0 Å². The van der Waals surface area contributed by atoms with Crippen molar-refractivity contribution in [2.24, 2.45) is 0 Å². The molecule has 0 bridgehead atoms. The largest absolute Gasteiger partial charge is 0.392 e. The van der Waals surface area contributed by atoms with Crippen molar-refractivity contribution in [3.05, 3.63) is 0 Å². The van der Waals surface area contributed by atoms with E-state index in [-0.39, 0.29) is 6.10 Å². The first-order valence-corrected chi connectivity index (χ1v) is 4.28. The van der Waals surface area contributed by atoms with Crippen molar-refractivity contribution in [1.82, 2.24) is 5.32 Å². The highest BCUT2D eigenvalue weighted by Gasteiger charge is 2.12. The minimum atomic E-state index is -0.238. The van der Waals surface area contributed by atoms with Crippen LogP contribution in [-0.2, 0) is 4.74 Å². The van der Waals surface area contributed by atoms with Crippen molar-refractivity contribution in [2.75, 3.05) is 19.8 Å². The molecule has 1 fully saturated rings. The maximum atomic E-state index is 8.99. The van der Waals surface area contributed by atoms with E-state index in [2.05, 4.69) is 5.32 Å². The van der Waals surface area contributed by atoms with E-state index in [1.807, 2.05) is 0 Å². The maximum absolute atomic E-state index is 8.99. The Balaban J connectivity index is 2.05. The van der Waals surface area contributed by atoms with Gasteiger partial charge < -0.3 is 15.2 Å². The molecule has 2 N–H and O–H groups in total. The Bertz CT molecular complexity index is 100. The highest BCUT2D eigenvalue weighted by molar-refractivity contribution is 4.70. The number of rotatable bonds is 3. The summed E-state index contributed by atoms with van der Waals surface area (Å²) in [5.74, 6) is 0. The summed E-state index contributed by atoms with van der Waals surface area (Å²) in [5.41, 5.74) is 0.